The molecule has 0 fully saturated rings. The molecule has 15 heavy (non-hydrogen) atoms. The van der Waals surface area contributed by atoms with Crippen LogP contribution in [0.25, 0.3) is 0 Å². The van der Waals surface area contributed by atoms with Crippen LogP contribution in [0.1, 0.15) is 6.92 Å². The molecule has 0 aliphatic rings. The van der Waals surface area contributed by atoms with Crippen LogP contribution >= 0.6 is 12.6 Å². The monoisotopic (exact) mass is 226 g/mol. The highest BCUT2D eigenvalue weighted by Crippen LogP contribution is 2.25. The van der Waals surface area contributed by atoms with Crippen LogP contribution in [0.2, 0.25) is 0 Å². The Kier molecular flexibility index (Phi) is 3.79. The number of hydrogen-bond acceptors (Lipinski definition) is 5. The van der Waals surface area contributed by atoms with Crippen molar-refractivity contribution in [2.45, 2.75) is 12.3 Å². The molecule has 0 aliphatic heterocycles. The molecule has 1 rings (SSSR count). The SMILES string of the molecule is C[CH][C@H](S)Nc1cc([N+](=O)[O-])ccc1N. The van der Waals surface area contributed by atoms with E-state index in [-0.39, 0.29) is 11.1 Å². The lowest BCUT2D eigenvalue weighted by atomic mass is 10.2. The van der Waals surface area contributed by atoms with E-state index in [0.717, 1.165) is 0 Å². The number of thiol groups is 1. The Labute approximate surface area is 93.2 Å². The molecule has 0 bridgehead atoms. The van der Waals surface area contributed by atoms with Crippen LogP contribution < -0.4 is 11.1 Å². The van der Waals surface area contributed by atoms with Gasteiger partial charge in [-0.2, -0.15) is 12.6 Å². The Morgan fingerprint density at radius 2 is 2.33 bits per heavy atom. The smallest absolute Gasteiger partial charge is 0.271 e. The summed E-state index contributed by atoms with van der Waals surface area (Å²) >= 11 is 4.18. The van der Waals surface area contributed by atoms with E-state index in [0.29, 0.717) is 11.4 Å². The average molecular weight is 226 g/mol. The number of nitro benzene ring substituents is 1. The number of anilines is 2. The molecule has 0 aromatic heterocycles. The molecule has 0 amide bonds. The summed E-state index contributed by atoms with van der Waals surface area (Å²) in [6.07, 6.45) is 1.81. The first-order chi connectivity index (χ1) is 7.04. The van der Waals surface area contributed by atoms with Crippen LogP contribution in [0.5, 0.6) is 0 Å². The summed E-state index contributed by atoms with van der Waals surface area (Å²) < 4.78 is 0. The lowest BCUT2D eigenvalue weighted by molar-refractivity contribution is -0.384. The third kappa shape index (κ3) is 3.02. The van der Waals surface area contributed by atoms with Gasteiger partial charge in [-0.15, -0.1) is 0 Å². The first kappa shape index (κ1) is 11.6. The predicted molar refractivity (Wildman–Crippen MR) is 63.9 cm³/mol. The zero-order valence-corrected chi connectivity index (χ0v) is 9.07. The van der Waals surface area contributed by atoms with E-state index >= 15 is 0 Å². The van der Waals surface area contributed by atoms with Crippen LogP contribution in [-0.4, -0.2) is 10.3 Å². The maximum atomic E-state index is 10.5. The second-order valence-corrected chi connectivity index (χ2v) is 3.51. The highest BCUT2D eigenvalue weighted by molar-refractivity contribution is 7.81. The summed E-state index contributed by atoms with van der Waals surface area (Å²) in [5, 5.41) is 13.3. The summed E-state index contributed by atoms with van der Waals surface area (Å²) in [4.78, 5) is 10.1. The van der Waals surface area contributed by atoms with Crippen molar-refractivity contribution in [3.8, 4) is 0 Å². The number of nitrogen functional groups attached to an aromatic ring is 1. The van der Waals surface area contributed by atoms with E-state index in [9.17, 15) is 10.1 Å². The number of hydrogen-bond donors (Lipinski definition) is 3. The van der Waals surface area contributed by atoms with Crippen LogP contribution in [-0.2, 0) is 0 Å². The van der Waals surface area contributed by atoms with Gasteiger partial charge < -0.3 is 11.1 Å². The largest absolute Gasteiger partial charge is 0.397 e. The van der Waals surface area contributed by atoms with Gasteiger partial charge in [0.2, 0.25) is 0 Å². The summed E-state index contributed by atoms with van der Waals surface area (Å²) in [7, 11) is 0. The number of nitro groups is 1. The number of nitrogens with one attached hydrogen (secondary N) is 1. The van der Waals surface area contributed by atoms with Crippen molar-refractivity contribution in [1.82, 2.24) is 0 Å². The topological polar surface area (TPSA) is 81.2 Å². The fraction of sp³-hybridized carbons (Fsp3) is 0.222. The van der Waals surface area contributed by atoms with Crippen LogP contribution in [0.15, 0.2) is 18.2 Å². The van der Waals surface area contributed by atoms with E-state index in [4.69, 9.17) is 5.73 Å². The van der Waals surface area contributed by atoms with Crippen LogP contribution in [0.4, 0.5) is 17.1 Å². The third-order valence-electron chi connectivity index (χ3n) is 1.87. The predicted octanol–water partition coefficient (Wildman–Crippen LogP) is 2.07. The molecular formula is C9H12N3O2S. The molecule has 0 unspecified atom stereocenters. The van der Waals surface area contributed by atoms with Crippen molar-refractivity contribution in [2.75, 3.05) is 11.1 Å². The number of rotatable bonds is 4. The molecular weight excluding hydrogens is 214 g/mol. The molecule has 6 heteroatoms. The quantitative estimate of drug-likeness (QED) is 0.241. The second kappa shape index (κ2) is 4.88. The fourth-order valence-electron chi connectivity index (χ4n) is 1.03. The van der Waals surface area contributed by atoms with Gasteiger partial charge in [-0.1, -0.05) is 6.92 Å². The molecule has 0 saturated carbocycles. The molecule has 3 N–H and O–H groups in total. The van der Waals surface area contributed by atoms with Gasteiger partial charge in [-0.05, 0) is 12.5 Å². The first-order valence-corrected chi connectivity index (χ1v) is 4.84. The highest BCUT2D eigenvalue weighted by atomic mass is 32.1. The highest BCUT2D eigenvalue weighted by Gasteiger charge is 2.10. The molecule has 81 valence electrons. The van der Waals surface area contributed by atoms with Gasteiger partial charge in [0.1, 0.15) is 0 Å². The molecule has 0 spiro atoms. The summed E-state index contributed by atoms with van der Waals surface area (Å²) in [5.74, 6) is 0. The minimum atomic E-state index is -0.464. The van der Waals surface area contributed by atoms with E-state index < -0.39 is 4.92 Å². The van der Waals surface area contributed by atoms with E-state index in [1.165, 1.54) is 18.2 Å². The van der Waals surface area contributed by atoms with Crippen molar-refractivity contribution >= 4 is 29.7 Å². The molecule has 1 aromatic carbocycles. The normalized spacial score (nSPS) is 12.1. The summed E-state index contributed by atoms with van der Waals surface area (Å²) in [6.45, 7) is 1.83. The number of non-ortho nitro benzene ring substituents is 1. The Hall–Kier alpha value is -1.43. The Morgan fingerprint density at radius 3 is 2.87 bits per heavy atom. The number of nitrogens with two attached hydrogens (primary N) is 1. The Bertz CT molecular complexity index is 370. The van der Waals surface area contributed by atoms with Crippen LogP contribution in [0.3, 0.4) is 0 Å². The third-order valence-corrected chi connectivity index (χ3v) is 2.29. The number of nitrogens with zero attached hydrogens (tertiary/aromatic N) is 1. The van der Waals surface area contributed by atoms with E-state index in [1.54, 1.807) is 6.42 Å². The minimum Gasteiger partial charge on any atom is -0.397 e. The van der Waals surface area contributed by atoms with Crippen molar-refractivity contribution in [3.63, 3.8) is 0 Å². The van der Waals surface area contributed by atoms with Gasteiger partial charge in [-0.25, -0.2) is 0 Å². The van der Waals surface area contributed by atoms with E-state index in [2.05, 4.69) is 17.9 Å². The molecule has 5 nitrogen and oxygen atoms in total. The van der Waals surface area contributed by atoms with Crippen molar-refractivity contribution in [3.05, 3.63) is 34.7 Å². The summed E-state index contributed by atoms with van der Waals surface area (Å²) in [6, 6.07) is 4.25. The molecule has 1 radical (unpaired) electrons. The molecule has 0 aliphatic carbocycles. The molecule has 1 atom stereocenters. The summed E-state index contributed by atoms with van der Waals surface area (Å²) in [5.41, 5.74) is 6.64. The lowest BCUT2D eigenvalue weighted by Gasteiger charge is -2.13. The fourth-order valence-corrected chi connectivity index (χ4v) is 1.16. The number of benzene rings is 1. The van der Waals surface area contributed by atoms with Crippen molar-refractivity contribution < 1.29 is 4.92 Å². The Morgan fingerprint density at radius 1 is 1.67 bits per heavy atom. The van der Waals surface area contributed by atoms with Gasteiger partial charge in [0.25, 0.3) is 5.69 Å². The molecule has 0 saturated heterocycles. The Balaban J connectivity index is 2.95. The standard InChI is InChI=1S/C9H12N3O2S/c1-2-9(15)11-8-5-6(12(13)14)3-4-7(8)10/h2-5,9,11,15H,10H2,1H3/t9-/m0/s1. The maximum Gasteiger partial charge on any atom is 0.271 e. The van der Waals surface area contributed by atoms with Gasteiger partial charge in [0.05, 0.1) is 21.7 Å². The van der Waals surface area contributed by atoms with Gasteiger partial charge in [0.15, 0.2) is 0 Å². The maximum absolute atomic E-state index is 10.5. The lowest BCUT2D eigenvalue weighted by Crippen LogP contribution is -2.12. The van der Waals surface area contributed by atoms with Gasteiger partial charge in [0, 0.05) is 12.1 Å². The molecule has 0 heterocycles. The first-order valence-electron chi connectivity index (χ1n) is 4.32. The zero-order valence-electron chi connectivity index (χ0n) is 8.18. The second-order valence-electron chi connectivity index (χ2n) is 2.95. The van der Waals surface area contributed by atoms with E-state index in [1.807, 2.05) is 6.92 Å². The average Bonchev–Trinajstić information content (AvgIpc) is 2.20. The van der Waals surface area contributed by atoms with Crippen molar-refractivity contribution in [1.29, 1.82) is 0 Å². The molecule has 1 aromatic rings. The minimum absolute atomic E-state index is 0.00309. The van der Waals surface area contributed by atoms with Gasteiger partial charge >= 0.3 is 0 Å². The van der Waals surface area contributed by atoms with Crippen molar-refractivity contribution in [2.24, 2.45) is 0 Å². The van der Waals surface area contributed by atoms with Crippen LogP contribution in [0, 0.1) is 16.5 Å². The zero-order chi connectivity index (χ0) is 11.4. The van der Waals surface area contributed by atoms with Gasteiger partial charge in [-0.3, -0.25) is 10.1 Å².